The average Bonchev–Trinajstić information content (AvgIpc) is 2.60. The Balaban J connectivity index is 2.00. The first kappa shape index (κ1) is 15.0. The second-order valence-corrected chi connectivity index (χ2v) is 5.11. The van der Waals surface area contributed by atoms with Gasteiger partial charge in [0, 0.05) is 24.0 Å². The zero-order valence-electron chi connectivity index (χ0n) is 12.9. The van der Waals surface area contributed by atoms with E-state index in [0.717, 1.165) is 16.7 Å². The Kier molecular flexibility index (Phi) is 4.48. The quantitative estimate of drug-likeness (QED) is 0.527. The van der Waals surface area contributed by atoms with Crippen molar-refractivity contribution in [2.24, 2.45) is 0 Å². The summed E-state index contributed by atoms with van der Waals surface area (Å²) in [5.41, 5.74) is 2.99. The van der Waals surface area contributed by atoms with Crippen LogP contribution in [0.4, 0.5) is 0 Å². The van der Waals surface area contributed by atoms with Crippen LogP contribution in [0.1, 0.15) is 12.5 Å². The molecule has 0 atom stereocenters. The van der Waals surface area contributed by atoms with Crippen LogP contribution >= 0.6 is 0 Å². The van der Waals surface area contributed by atoms with Crippen molar-refractivity contribution in [2.45, 2.75) is 6.92 Å². The molecule has 1 heterocycles. The van der Waals surface area contributed by atoms with Gasteiger partial charge in [-0.15, -0.1) is 0 Å². The third kappa shape index (κ3) is 3.46. The van der Waals surface area contributed by atoms with Crippen LogP contribution in [-0.4, -0.2) is 17.6 Å². The summed E-state index contributed by atoms with van der Waals surface area (Å²) in [6, 6.07) is 16.4. The molecule has 0 aliphatic heterocycles. The minimum absolute atomic E-state index is 0.339. The van der Waals surface area contributed by atoms with E-state index < -0.39 is 0 Å². The lowest BCUT2D eigenvalue weighted by Gasteiger charge is -2.07. The molecule has 0 aliphatic rings. The van der Waals surface area contributed by atoms with Crippen LogP contribution in [0.3, 0.4) is 0 Å². The predicted molar refractivity (Wildman–Crippen MR) is 92.8 cm³/mol. The van der Waals surface area contributed by atoms with Gasteiger partial charge in [-0.05, 0) is 47.0 Å². The summed E-state index contributed by atoms with van der Waals surface area (Å²) in [6.45, 7) is 2.16. The molecule has 3 nitrogen and oxygen atoms in total. The van der Waals surface area contributed by atoms with Crippen LogP contribution in [0, 0.1) is 0 Å². The summed E-state index contributed by atoms with van der Waals surface area (Å²) in [4.78, 5) is 15.7. The number of esters is 1. The average molecular weight is 303 g/mol. The van der Waals surface area contributed by atoms with Crippen molar-refractivity contribution in [1.29, 1.82) is 0 Å². The number of hydrogen-bond acceptors (Lipinski definition) is 3. The van der Waals surface area contributed by atoms with Crippen molar-refractivity contribution in [1.82, 2.24) is 4.98 Å². The minimum atomic E-state index is -0.339. The number of hydrogen-bond donors (Lipinski definition) is 0. The predicted octanol–water partition coefficient (Wildman–Crippen LogP) is 4.48. The Morgan fingerprint density at radius 1 is 1.13 bits per heavy atom. The fourth-order valence-electron chi connectivity index (χ4n) is 2.50. The van der Waals surface area contributed by atoms with Crippen molar-refractivity contribution in [2.75, 3.05) is 6.61 Å². The maximum Gasteiger partial charge on any atom is 0.330 e. The van der Waals surface area contributed by atoms with E-state index in [1.807, 2.05) is 24.4 Å². The monoisotopic (exact) mass is 303 g/mol. The molecule has 0 amide bonds. The molecule has 0 saturated heterocycles. The molecule has 0 unspecified atom stereocenters. The SMILES string of the molecule is CCOC(=O)C=Cc1ccncc1-c1ccc2ccccc2c1. The molecule has 23 heavy (non-hydrogen) atoms. The number of pyridine rings is 1. The Hall–Kier alpha value is -2.94. The summed E-state index contributed by atoms with van der Waals surface area (Å²) < 4.78 is 4.93. The smallest absolute Gasteiger partial charge is 0.330 e. The molecule has 0 N–H and O–H groups in total. The number of benzene rings is 2. The fraction of sp³-hybridized carbons (Fsp3) is 0.100. The number of rotatable bonds is 4. The molecule has 114 valence electrons. The number of fused-ring (bicyclic) bond motifs is 1. The zero-order valence-corrected chi connectivity index (χ0v) is 12.9. The van der Waals surface area contributed by atoms with Crippen LogP contribution in [0.5, 0.6) is 0 Å². The summed E-state index contributed by atoms with van der Waals surface area (Å²) in [5.74, 6) is -0.339. The number of aromatic nitrogens is 1. The molecule has 0 bridgehead atoms. The third-order valence-electron chi connectivity index (χ3n) is 3.60. The lowest BCUT2D eigenvalue weighted by molar-refractivity contribution is -0.137. The van der Waals surface area contributed by atoms with Gasteiger partial charge in [0.2, 0.25) is 0 Å². The molecule has 0 spiro atoms. The minimum Gasteiger partial charge on any atom is -0.463 e. The van der Waals surface area contributed by atoms with Crippen molar-refractivity contribution in [3.8, 4) is 11.1 Å². The maximum atomic E-state index is 11.5. The number of carbonyl (C=O) groups is 1. The van der Waals surface area contributed by atoms with E-state index in [0.29, 0.717) is 6.61 Å². The maximum absolute atomic E-state index is 11.5. The molecule has 0 radical (unpaired) electrons. The summed E-state index contributed by atoms with van der Waals surface area (Å²) in [5, 5.41) is 2.37. The van der Waals surface area contributed by atoms with Gasteiger partial charge in [0.05, 0.1) is 6.61 Å². The molecular weight excluding hydrogens is 286 g/mol. The van der Waals surface area contributed by atoms with Crippen LogP contribution in [-0.2, 0) is 9.53 Å². The molecule has 3 rings (SSSR count). The lowest BCUT2D eigenvalue weighted by atomic mass is 9.99. The molecule has 2 aromatic carbocycles. The van der Waals surface area contributed by atoms with Gasteiger partial charge in [-0.2, -0.15) is 0 Å². The highest BCUT2D eigenvalue weighted by atomic mass is 16.5. The molecule has 1 aromatic heterocycles. The van der Waals surface area contributed by atoms with E-state index in [-0.39, 0.29) is 5.97 Å². The van der Waals surface area contributed by atoms with E-state index in [1.54, 1.807) is 19.2 Å². The first-order valence-corrected chi connectivity index (χ1v) is 7.56. The van der Waals surface area contributed by atoms with E-state index >= 15 is 0 Å². The molecule has 3 aromatic rings. The normalized spacial score (nSPS) is 11.0. The standard InChI is InChI=1S/C20H17NO2/c1-2-23-20(22)10-9-16-11-12-21-14-19(16)18-8-7-15-5-3-4-6-17(15)13-18/h3-14H,2H2,1H3. The molecular formula is C20H17NO2. The number of carbonyl (C=O) groups excluding carboxylic acids is 1. The van der Waals surface area contributed by atoms with Gasteiger partial charge < -0.3 is 4.74 Å². The van der Waals surface area contributed by atoms with Gasteiger partial charge >= 0.3 is 5.97 Å². The molecule has 0 saturated carbocycles. The van der Waals surface area contributed by atoms with Gasteiger partial charge in [-0.3, -0.25) is 4.98 Å². The van der Waals surface area contributed by atoms with Crippen molar-refractivity contribution >= 4 is 22.8 Å². The summed E-state index contributed by atoms with van der Waals surface area (Å²) in [7, 11) is 0. The van der Waals surface area contributed by atoms with Crippen molar-refractivity contribution < 1.29 is 9.53 Å². The third-order valence-corrected chi connectivity index (χ3v) is 3.60. The Bertz CT molecular complexity index is 868. The van der Waals surface area contributed by atoms with E-state index in [9.17, 15) is 4.79 Å². The zero-order chi connectivity index (χ0) is 16.1. The van der Waals surface area contributed by atoms with Crippen LogP contribution in [0.2, 0.25) is 0 Å². The van der Waals surface area contributed by atoms with Crippen LogP contribution < -0.4 is 0 Å². The second-order valence-electron chi connectivity index (χ2n) is 5.11. The summed E-state index contributed by atoms with van der Waals surface area (Å²) in [6.07, 6.45) is 6.75. The van der Waals surface area contributed by atoms with Crippen LogP contribution in [0.15, 0.2) is 67.0 Å². The Morgan fingerprint density at radius 2 is 1.96 bits per heavy atom. The van der Waals surface area contributed by atoms with Gasteiger partial charge in [0.15, 0.2) is 0 Å². The summed E-state index contributed by atoms with van der Waals surface area (Å²) >= 11 is 0. The number of ether oxygens (including phenoxy) is 1. The van der Waals surface area contributed by atoms with Gasteiger partial charge in [-0.25, -0.2) is 4.79 Å². The molecule has 0 aliphatic carbocycles. The van der Waals surface area contributed by atoms with Crippen molar-refractivity contribution in [3.05, 3.63) is 72.6 Å². The highest BCUT2D eigenvalue weighted by Crippen LogP contribution is 2.27. The number of nitrogens with zero attached hydrogens (tertiary/aromatic N) is 1. The highest BCUT2D eigenvalue weighted by Gasteiger charge is 2.05. The van der Waals surface area contributed by atoms with E-state index in [2.05, 4.69) is 35.3 Å². The first-order chi connectivity index (χ1) is 11.3. The van der Waals surface area contributed by atoms with Crippen molar-refractivity contribution in [3.63, 3.8) is 0 Å². The molecule has 3 heteroatoms. The second kappa shape index (κ2) is 6.88. The van der Waals surface area contributed by atoms with E-state index in [4.69, 9.17) is 4.74 Å². The largest absolute Gasteiger partial charge is 0.463 e. The first-order valence-electron chi connectivity index (χ1n) is 7.56. The van der Waals surface area contributed by atoms with Gasteiger partial charge in [0.1, 0.15) is 0 Å². The highest BCUT2D eigenvalue weighted by molar-refractivity contribution is 5.91. The fourth-order valence-corrected chi connectivity index (χ4v) is 2.50. The Labute approximate surface area is 135 Å². The topological polar surface area (TPSA) is 39.2 Å². The Morgan fingerprint density at radius 3 is 2.78 bits per heavy atom. The molecule has 0 fully saturated rings. The lowest BCUT2D eigenvalue weighted by Crippen LogP contribution is -1.98. The van der Waals surface area contributed by atoms with Crippen LogP contribution in [0.25, 0.3) is 28.0 Å². The van der Waals surface area contributed by atoms with E-state index in [1.165, 1.54) is 16.8 Å². The van der Waals surface area contributed by atoms with Gasteiger partial charge in [-0.1, -0.05) is 36.4 Å². The van der Waals surface area contributed by atoms with Gasteiger partial charge in [0.25, 0.3) is 0 Å².